The molecule has 0 spiro atoms. The number of oxime groups is 1. The molecular weight excluding hydrogens is 204 g/mol. The number of amidine groups is 1. The van der Waals surface area contributed by atoms with E-state index in [1.54, 1.807) is 12.1 Å². The zero-order valence-electron chi connectivity index (χ0n) is 7.70. The van der Waals surface area contributed by atoms with Crippen molar-refractivity contribution in [2.24, 2.45) is 10.9 Å². The second-order valence-electron chi connectivity index (χ2n) is 2.81. The zero-order chi connectivity index (χ0) is 10.6. The first-order valence-corrected chi connectivity index (χ1v) is 4.36. The first-order chi connectivity index (χ1) is 6.63. The molecule has 0 saturated heterocycles. The van der Waals surface area contributed by atoms with E-state index in [0.29, 0.717) is 10.8 Å². The predicted octanol–water partition coefficient (Wildman–Crippen LogP) is 1.77. The monoisotopic (exact) mass is 214 g/mol. The van der Waals surface area contributed by atoms with Crippen LogP contribution in [0.25, 0.3) is 0 Å². The van der Waals surface area contributed by atoms with Crippen LogP contribution in [0.4, 0.5) is 0 Å². The molecule has 0 unspecified atom stereocenters. The number of halogens is 1. The summed E-state index contributed by atoms with van der Waals surface area (Å²) in [6.45, 7) is 1.94. The summed E-state index contributed by atoms with van der Waals surface area (Å²) < 4.78 is 5.20. The Bertz CT molecular complexity index is 353. The molecule has 1 aromatic carbocycles. The Balaban J connectivity index is 2.68. The normalized spacial score (nSPS) is 11.4. The fourth-order valence-corrected chi connectivity index (χ4v) is 1.19. The fourth-order valence-electron chi connectivity index (χ4n) is 0.903. The van der Waals surface area contributed by atoms with Crippen molar-refractivity contribution < 1.29 is 9.94 Å². The number of benzene rings is 1. The van der Waals surface area contributed by atoms with Gasteiger partial charge < -0.3 is 15.7 Å². The van der Waals surface area contributed by atoms with E-state index in [0.717, 1.165) is 5.56 Å². The molecule has 0 bridgehead atoms. The van der Waals surface area contributed by atoms with Crippen LogP contribution >= 0.6 is 11.6 Å². The highest BCUT2D eigenvalue weighted by molar-refractivity contribution is 6.32. The van der Waals surface area contributed by atoms with Crippen LogP contribution in [-0.2, 0) is 0 Å². The van der Waals surface area contributed by atoms with Crippen molar-refractivity contribution in [1.29, 1.82) is 0 Å². The second kappa shape index (κ2) is 4.72. The van der Waals surface area contributed by atoms with E-state index in [9.17, 15) is 0 Å². The molecule has 0 saturated carbocycles. The number of hydrogen-bond acceptors (Lipinski definition) is 3. The largest absolute Gasteiger partial charge is 0.484 e. The van der Waals surface area contributed by atoms with Crippen molar-refractivity contribution in [3.63, 3.8) is 0 Å². The minimum atomic E-state index is 0.00152. The highest BCUT2D eigenvalue weighted by Gasteiger charge is 2.02. The topological polar surface area (TPSA) is 67.8 Å². The molecule has 4 nitrogen and oxygen atoms in total. The number of hydrogen-bond donors (Lipinski definition) is 2. The standard InChI is InChI=1S/C9H11ClN2O2/c1-6-2-3-8(7(10)4-6)14-5-9(11)12-13/h2-4,13H,5H2,1H3,(H2,11,12). The highest BCUT2D eigenvalue weighted by atomic mass is 35.5. The average Bonchev–Trinajstić information content (AvgIpc) is 2.16. The first kappa shape index (κ1) is 10.7. The third-order valence-corrected chi connectivity index (χ3v) is 1.89. The van der Waals surface area contributed by atoms with E-state index < -0.39 is 0 Å². The number of aryl methyl sites for hydroxylation is 1. The summed E-state index contributed by atoms with van der Waals surface area (Å²) in [7, 11) is 0. The molecule has 5 heteroatoms. The molecule has 0 atom stereocenters. The van der Waals surface area contributed by atoms with Gasteiger partial charge in [0.05, 0.1) is 5.02 Å². The first-order valence-electron chi connectivity index (χ1n) is 3.99. The van der Waals surface area contributed by atoms with E-state index in [1.165, 1.54) is 0 Å². The highest BCUT2D eigenvalue weighted by Crippen LogP contribution is 2.24. The minimum absolute atomic E-state index is 0.00152. The van der Waals surface area contributed by atoms with Crippen LogP contribution in [0.3, 0.4) is 0 Å². The van der Waals surface area contributed by atoms with Gasteiger partial charge in [0.15, 0.2) is 5.84 Å². The molecule has 0 fully saturated rings. The van der Waals surface area contributed by atoms with Crippen molar-refractivity contribution in [3.05, 3.63) is 28.8 Å². The molecule has 1 aromatic rings. The van der Waals surface area contributed by atoms with Gasteiger partial charge in [0.1, 0.15) is 12.4 Å². The SMILES string of the molecule is Cc1ccc(OCC(N)=NO)c(Cl)c1. The Morgan fingerprint density at radius 3 is 2.93 bits per heavy atom. The van der Waals surface area contributed by atoms with Gasteiger partial charge in [-0.2, -0.15) is 0 Å². The summed E-state index contributed by atoms with van der Waals surface area (Å²) >= 11 is 5.89. The van der Waals surface area contributed by atoms with Crippen molar-refractivity contribution in [2.75, 3.05) is 6.61 Å². The van der Waals surface area contributed by atoms with Gasteiger partial charge in [0.2, 0.25) is 0 Å². The van der Waals surface area contributed by atoms with Crippen molar-refractivity contribution in [1.82, 2.24) is 0 Å². The molecule has 1 rings (SSSR count). The van der Waals surface area contributed by atoms with Gasteiger partial charge in [0.25, 0.3) is 0 Å². The summed E-state index contributed by atoms with van der Waals surface area (Å²) in [5.74, 6) is 0.519. The summed E-state index contributed by atoms with van der Waals surface area (Å²) in [5, 5.41) is 11.6. The summed E-state index contributed by atoms with van der Waals surface area (Å²) in [6, 6.07) is 5.39. The van der Waals surface area contributed by atoms with Crippen molar-refractivity contribution in [3.8, 4) is 5.75 Å². The van der Waals surface area contributed by atoms with Crippen LogP contribution in [0, 0.1) is 6.92 Å². The lowest BCUT2D eigenvalue weighted by atomic mass is 10.2. The van der Waals surface area contributed by atoms with Crippen LogP contribution in [0.2, 0.25) is 5.02 Å². The smallest absolute Gasteiger partial charge is 0.177 e. The average molecular weight is 215 g/mol. The van der Waals surface area contributed by atoms with Gasteiger partial charge in [-0.3, -0.25) is 0 Å². The minimum Gasteiger partial charge on any atom is -0.484 e. The molecule has 76 valence electrons. The fraction of sp³-hybridized carbons (Fsp3) is 0.222. The Kier molecular flexibility index (Phi) is 3.59. The van der Waals surface area contributed by atoms with Gasteiger partial charge >= 0.3 is 0 Å². The number of nitrogens with two attached hydrogens (primary N) is 1. The van der Waals surface area contributed by atoms with Gasteiger partial charge in [0, 0.05) is 0 Å². The molecule has 0 aliphatic heterocycles. The van der Waals surface area contributed by atoms with Gasteiger partial charge in [-0.05, 0) is 24.6 Å². The molecule has 3 N–H and O–H groups in total. The molecule has 0 amide bonds. The zero-order valence-corrected chi connectivity index (χ0v) is 8.45. The molecule has 0 aromatic heterocycles. The van der Waals surface area contributed by atoms with E-state index in [2.05, 4.69) is 5.16 Å². The maximum atomic E-state index is 8.28. The lowest BCUT2D eigenvalue weighted by molar-refractivity contribution is 0.306. The van der Waals surface area contributed by atoms with Crippen molar-refractivity contribution in [2.45, 2.75) is 6.92 Å². The quantitative estimate of drug-likeness (QED) is 0.349. The molecular formula is C9H11ClN2O2. The maximum Gasteiger partial charge on any atom is 0.177 e. The van der Waals surface area contributed by atoms with Crippen LogP contribution in [-0.4, -0.2) is 17.6 Å². The summed E-state index contributed by atoms with van der Waals surface area (Å²) in [6.07, 6.45) is 0. The van der Waals surface area contributed by atoms with Crippen LogP contribution < -0.4 is 10.5 Å². The molecule has 14 heavy (non-hydrogen) atoms. The lowest BCUT2D eigenvalue weighted by Crippen LogP contribution is -2.20. The van der Waals surface area contributed by atoms with E-state index >= 15 is 0 Å². The van der Waals surface area contributed by atoms with Gasteiger partial charge in [-0.25, -0.2) is 0 Å². The van der Waals surface area contributed by atoms with Crippen LogP contribution in [0.1, 0.15) is 5.56 Å². The third kappa shape index (κ3) is 2.81. The van der Waals surface area contributed by atoms with Gasteiger partial charge in [-0.15, -0.1) is 0 Å². The Hall–Kier alpha value is -1.42. The van der Waals surface area contributed by atoms with E-state index in [-0.39, 0.29) is 12.4 Å². The van der Waals surface area contributed by atoms with E-state index in [4.69, 9.17) is 27.3 Å². The molecule has 0 radical (unpaired) electrons. The summed E-state index contributed by atoms with van der Waals surface area (Å²) in [5.41, 5.74) is 6.28. The number of nitrogens with zero attached hydrogens (tertiary/aromatic N) is 1. The summed E-state index contributed by atoms with van der Waals surface area (Å²) in [4.78, 5) is 0. The lowest BCUT2D eigenvalue weighted by Gasteiger charge is -2.06. The van der Waals surface area contributed by atoms with E-state index in [1.807, 2.05) is 13.0 Å². The Morgan fingerprint density at radius 1 is 1.64 bits per heavy atom. The molecule has 0 heterocycles. The van der Waals surface area contributed by atoms with Crippen LogP contribution in [0.5, 0.6) is 5.75 Å². The second-order valence-corrected chi connectivity index (χ2v) is 3.22. The molecule has 0 aliphatic carbocycles. The third-order valence-electron chi connectivity index (χ3n) is 1.59. The number of ether oxygens (including phenoxy) is 1. The molecule has 0 aliphatic rings. The Labute approximate surface area is 86.9 Å². The van der Waals surface area contributed by atoms with Gasteiger partial charge in [-0.1, -0.05) is 22.8 Å². The predicted molar refractivity (Wildman–Crippen MR) is 55.1 cm³/mol. The maximum absolute atomic E-state index is 8.28. The van der Waals surface area contributed by atoms with Crippen LogP contribution in [0.15, 0.2) is 23.4 Å². The number of rotatable bonds is 3. The van der Waals surface area contributed by atoms with Crippen molar-refractivity contribution >= 4 is 17.4 Å². The Morgan fingerprint density at radius 2 is 2.36 bits per heavy atom.